The third-order valence-electron chi connectivity index (χ3n) is 4.27. The summed E-state index contributed by atoms with van der Waals surface area (Å²) in [6.07, 6.45) is 5.24. The van der Waals surface area contributed by atoms with Gasteiger partial charge in [0, 0.05) is 16.8 Å². The van der Waals surface area contributed by atoms with Crippen LogP contribution >= 0.6 is 0 Å². The number of nitrogens with zero attached hydrogens (tertiary/aromatic N) is 4. The number of nitrogens with one attached hydrogen (secondary N) is 1. The monoisotopic (exact) mass is 379 g/mol. The molecule has 0 radical (unpaired) electrons. The van der Waals surface area contributed by atoms with Crippen LogP contribution in [0.25, 0.3) is 11.8 Å². The molecular weight excluding hydrogens is 358 g/mol. The molecule has 0 saturated heterocycles. The van der Waals surface area contributed by atoms with Crippen LogP contribution in [-0.2, 0) is 0 Å². The van der Waals surface area contributed by atoms with Crippen LogP contribution in [0.4, 0.5) is 5.69 Å². The number of anilines is 1. The fourth-order valence-electron chi connectivity index (χ4n) is 2.90. The summed E-state index contributed by atoms with van der Waals surface area (Å²) in [5.74, 6) is 0.806. The summed E-state index contributed by atoms with van der Waals surface area (Å²) in [5, 5.41) is 14.2. The number of hydrogen-bond acceptors (Lipinski definition) is 6. The summed E-state index contributed by atoms with van der Waals surface area (Å²) < 4.78 is 12.4. The Hall–Kier alpha value is -3.68. The van der Waals surface area contributed by atoms with Gasteiger partial charge in [-0.3, -0.25) is 4.79 Å². The zero-order chi connectivity index (χ0) is 20.1. The fraction of sp³-hybridized carbons (Fsp3) is 0.200. The van der Waals surface area contributed by atoms with Gasteiger partial charge in [0.25, 0.3) is 5.91 Å². The molecule has 28 heavy (non-hydrogen) atoms. The van der Waals surface area contributed by atoms with Gasteiger partial charge in [-0.1, -0.05) is 18.2 Å². The first-order valence-electron chi connectivity index (χ1n) is 8.62. The average Bonchev–Trinajstić information content (AvgIpc) is 3.23. The number of ether oxygens (including phenoxy) is 2. The van der Waals surface area contributed by atoms with Crippen LogP contribution in [0.2, 0.25) is 0 Å². The average molecular weight is 379 g/mol. The van der Waals surface area contributed by atoms with E-state index in [1.165, 1.54) is 6.33 Å². The number of methoxy groups -OCH3 is 2. The number of allylic oxidation sites excluding steroid dienone is 1. The molecule has 0 aliphatic rings. The molecule has 0 saturated carbocycles. The smallest absolute Gasteiger partial charge is 0.255 e. The Morgan fingerprint density at radius 3 is 2.68 bits per heavy atom. The molecule has 0 bridgehead atoms. The summed E-state index contributed by atoms with van der Waals surface area (Å²) in [7, 11) is 3.11. The third kappa shape index (κ3) is 3.71. The second-order valence-corrected chi connectivity index (χ2v) is 5.96. The maximum Gasteiger partial charge on any atom is 0.255 e. The quantitative estimate of drug-likeness (QED) is 0.707. The van der Waals surface area contributed by atoms with Gasteiger partial charge in [-0.2, -0.15) is 0 Å². The normalized spacial score (nSPS) is 10.9. The van der Waals surface area contributed by atoms with Gasteiger partial charge in [0.15, 0.2) is 11.5 Å². The van der Waals surface area contributed by atoms with Crippen LogP contribution in [-0.4, -0.2) is 40.3 Å². The van der Waals surface area contributed by atoms with Crippen LogP contribution < -0.4 is 14.8 Å². The van der Waals surface area contributed by atoms with Crippen molar-refractivity contribution in [2.75, 3.05) is 19.5 Å². The Bertz CT molecular complexity index is 1010. The highest BCUT2D eigenvalue weighted by Crippen LogP contribution is 2.34. The van der Waals surface area contributed by atoms with Gasteiger partial charge in [-0.15, -0.1) is 5.10 Å². The highest BCUT2D eigenvalue weighted by atomic mass is 16.5. The molecule has 0 aliphatic carbocycles. The van der Waals surface area contributed by atoms with Crippen molar-refractivity contribution in [3.8, 4) is 17.2 Å². The Labute approximate surface area is 162 Å². The zero-order valence-electron chi connectivity index (χ0n) is 16.1. The first-order valence-corrected chi connectivity index (χ1v) is 8.62. The lowest BCUT2D eigenvalue weighted by Crippen LogP contribution is -2.14. The van der Waals surface area contributed by atoms with Gasteiger partial charge in [-0.05, 0) is 54.1 Å². The lowest BCUT2D eigenvalue weighted by atomic mass is 10.1. The van der Waals surface area contributed by atoms with Crippen LogP contribution in [0.1, 0.15) is 28.4 Å². The molecule has 0 fully saturated rings. The number of benzene rings is 2. The minimum absolute atomic E-state index is 0.260. The maximum atomic E-state index is 12.9. The van der Waals surface area contributed by atoms with Crippen molar-refractivity contribution in [2.45, 2.75) is 13.8 Å². The van der Waals surface area contributed by atoms with Gasteiger partial charge < -0.3 is 14.8 Å². The highest BCUT2D eigenvalue weighted by molar-refractivity contribution is 6.05. The predicted molar refractivity (Wildman–Crippen MR) is 106 cm³/mol. The molecule has 0 aliphatic heterocycles. The summed E-state index contributed by atoms with van der Waals surface area (Å²) in [5.41, 5.74) is 3.51. The van der Waals surface area contributed by atoms with Gasteiger partial charge in [-0.25, -0.2) is 4.68 Å². The van der Waals surface area contributed by atoms with Crippen molar-refractivity contribution in [1.82, 2.24) is 20.2 Å². The molecule has 144 valence electrons. The molecule has 1 heterocycles. The van der Waals surface area contributed by atoms with Crippen molar-refractivity contribution >= 4 is 17.7 Å². The zero-order valence-corrected chi connectivity index (χ0v) is 16.1. The number of carbonyl (C=O) groups excluding carboxylic acids is 1. The summed E-state index contributed by atoms with van der Waals surface area (Å²) in [6.45, 7) is 3.79. The molecule has 3 rings (SSSR count). The van der Waals surface area contributed by atoms with Crippen LogP contribution in [0.3, 0.4) is 0 Å². The number of amides is 1. The van der Waals surface area contributed by atoms with Crippen molar-refractivity contribution in [3.05, 3.63) is 59.4 Å². The number of hydrogen-bond donors (Lipinski definition) is 1. The van der Waals surface area contributed by atoms with Crippen LogP contribution in [0, 0.1) is 6.92 Å². The Kier molecular flexibility index (Phi) is 5.69. The Balaban J connectivity index is 1.96. The Morgan fingerprint density at radius 2 is 2.04 bits per heavy atom. The van der Waals surface area contributed by atoms with E-state index < -0.39 is 0 Å². The number of carbonyl (C=O) groups is 1. The first kappa shape index (κ1) is 19.1. The van der Waals surface area contributed by atoms with Crippen molar-refractivity contribution in [1.29, 1.82) is 0 Å². The van der Waals surface area contributed by atoms with E-state index >= 15 is 0 Å². The fourth-order valence-corrected chi connectivity index (χ4v) is 2.90. The molecule has 1 N–H and O–H groups in total. The number of tetrazole rings is 1. The SMILES string of the molecule is C/C=C/c1cc(C(=O)Nc2cccc(-n3cnnn3)c2C)cc(OC)c1OC. The lowest BCUT2D eigenvalue weighted by Gasteiger charge is -2.15. The number of rotatable bonds is 6. The topological polar surface area (TPSA) is 91.2 Å². The molecule has 1 amide bonds. The largest absolute Gasteiger partial charge is 0.493 e. The van der Waals surface area contributed by atoms with E-state index in [0.29, 0.717) is 22.7 Å². The Morgan fingerprint density at radius 1 is 1.21 bits per heavy atom. The standard InChI is InChI=1S/C20H21N5O3/c1-5-7-14-10-15(11-18(27-3)19(14)28-4)20(26)22-16-8-6-9-17(13(16)2)25-12-21-23-24-25/h5-12H,1-4H3,(H,22,26)/b7-5+. The van der Waals surface area contributed by atoms with E-state index in [2.05, 4.69) is 20.8 Å². The van der Waals surface area contributed by atoms with Gasteiger partial charge in [0.2, 0.25) is 0 Å². The minimum Gasteiger partial charge on any atom is -0.493 e. The van der Waals surface area contributed by atoms with E-state index in [9.17, 15) is 4.79 Å². The highest BCUT2D eigenvalue weighted by Gasteiger charge is 2.16. The summed E-state index contributed by atoms with van der Waals surface area (Å²) in [4.78, 5) is 12.9. The van der Waals surface area contributed by atoms with Gasteiger partial charge in [0.1, 0.15) is 6.33 Å². The molecule has 8 nitrogen and oxygen atoms in total. The second kappa shape index (κ2) is 8.34. The van der Waals surface area contributed by atoms with Crippen molar-refractivity contribution in [2.24, 2.45) is 0 Å². The van der Waals surface area contributed by atoms with E-state index in [-0.39, 0.29) is 5.91 Å². The van der Waals surface area contributed by atoms with Crippen LogP contribution in [0.15, 0.2) is 42.7 Å². The molecule has 0 unspecified atom stereocenters. The van der Waals surface area contributed by atoms with Gasteiger partial charge >= 0.3 is 0 Å². The molecule has 8 heteroatoms. The van der Waals surface area contributed by atoms with E-state index in [1.54, 1.807) is 31.0 Å². The minimum atomic E-state index is -0.260. The molecule has 1 aromatic heterocycles. The van der Waals surface area contributed by atoms with Crippen molar-refractivity contribution in [3.63, 3.8) is 0 Å². The predicted octanol–water partition coefficient (Wildman–Crippen LogP) is 3.27. The van der Waals surface area contributed by atoms with Crippen LogP contribution in [0.5, 0.6) is 11.5 Å². The maximum absolute atomic E-state index is 12.9. The lowest BCUT2D eigenvalue weighted by molar-refractivity contribution is 0.102. The molecule has 0 atom stereocenters. The summed E-state index contributed by atoms with van der Waals surface area (Å²) in [6, 6.07) is 8.95. The van der Waals surface area contributed by atoms with E-state index in [1.807, 2.05) is 44.2 Å². The molecule has 2 aromatic carbocycles. The van der Waals surface area contributed by atoms with Gasteiger partial charge in [0.05, 0.1) is 19.9 Å². The summed E-state index contributed by atoms with van der Waals surface area (Å²) >= 11 is 0. The van der Waals surface area contributed by atoms with Crippen molar-refractivity contribution < 1.29 is 14.3 Å². The molecular formula is C20H21N5O3. The third-order valence-corrected chi connectivity index (χ3v) is 4.27. The second-order valence-electron chi connectivity index (χ2n) is 5.96. The molecule has 0 spiro atoms. The first-order chi connectivity index (χ1) is 13.6. The number of aromatic nitrogens is 4. The molecule has 3 aromatic rings. The van der Waals surface area contributed by atoms with E-state index in [0.717, 1.165) is 16.8 Å². The van der Waals surface area contributed by atoms with E-state index in [4.69, 9.17) is 9.47 Å².